The maximum absolute atomic E-state index is 12.1. The van der Waals surface area contributed by atoms with Crippen molar-refractivity contribution in [1.29, 1.82) is 0 Å². The highest BCUT2D eigenvalue weighted by molar-refractivity contribution is 7.90. The number of esters is 1. The van der Waals surface area contributed by atoms with Crippen LogP contribution in [-0.2, 0) is 19.6 Å². The summed E-state index contributed by atoms with van der Waals surface area (Å²) in [4.78, 5) is 11.0. The Morgan fingerprint density at radius 3 is 2.28 bits per heavy atom. The van der Waals surface area contributed by atoms with Gasteiger partial charge in [0.2, 0.25) is 0 Å². The fourth-order valence-electron chi connectivity index (χ4n) is 0.821. The second-order valence-electron chi connectivity index (χ2n) is 3.55. The summed E-state index contributed by atoms with van der Waals surface area (Å²) < 4.78 is 63.9. The predicted molar refractivity (Wildman–Crippen MR) is 58.0 cm³/mol. The van der Waals surface area contributed by atoms with E-state index in [1.54, 1.807) is 0 Å². The Hall–Kier alpha value is -1.09. The zero-order valence-electron chi connectivity index (χ0n) is 9.87. The van der Waals surface area contributed by atoms with Gasteiger partial charge in [-0.15, -0.1) is 0 Å². The SMILES string of the molecule is C=C(C)C(=O)OCC(CC)NS(=O)(=O)C(F)(F)F. The van der Waals surface area contributed by atoms with Gasteiger partial charge in [0.15, 0.2) is 0 Å². The lowest BCUT2D eigenvalue weighted by molar-refractivity contribution is -0.139. The number of rotatable bonds is 6. The van der Waals surface area contributed by atoms with E-state index in [0.29, 0.717) is 0 Å². The maximum Gasteiger partial charge on any atom is 0.511 e. The van der Waals surface area contributed by atoms with Crippen molar-refractivity contribution < 1.29 is 31.1 Å². The van der Waals surface area contributed by atoms with Crippen LogP contribution in [0.25, 0.3) is 0 Å². The molecule has 0 amide bonds. The number of hydrogen-bond donors (Lipinski definition) is 1. The van der Waals surface area contributed by atoms with Crippen LogP contribution < -0.4 is 4.72 Å². The number of nitrogens with one attached hydrogen (secondary N) is 1. The molecule has 1 unspecified atom stereocenters. The first-order valence-electron chi connectivity index (χ1n) is 4.92. The van der Waals surface area contributed by atoms with Crippen molar-refractivity contribution in [2.45, 2.75) is 31.8 Å². The van der Waals surface area contributed by atoms with E-state index in [1.165, 1.54) is 18.6 Å². The summed E-state index contributed by atoms with van der Waals surface area (Å²) in [5.41, 5.74) is -5.32. The summed E-state index contributed by atoms with van der Waals surface area (Å²) in [5, 5.41) is 0. The molecule has 106 valence electrons. The molecule has 5 nitrogen and oxygen atoms in total. The molecule has 0 aromatic carbocycles. The third-order valence-corrected chi connectivity index (χ3v) is 3.14. The van der Waals surface area contributed by atoms with Crippen molar-refractivity contribution in [2.75, 3.05) is 6.61 Å². The fourth-order valence-corrected chi connectivity index (χ4v) is 1.63. The molecule has 0 aliphatic rings. The Morgan fingerprint density at radius 1 is 1.44 bits per heavy atom. The van der Waals surface area contributed by atoms with Crippen molar-refractivity contribution >= 4 is 16.0 Å². The molecule has 0 aromatic heterocycles. The largest absolute Gasteiger partial charge is 0.511 e. The van der Waals surface area contributed by atoms with Crippen LogP contribution >= 0.6 is 0 Å². The van der Waals surface area contributed by atoms with Crippen LogP contribution in [0.1, 0.15) is 20.3 Å². The lowest BCUT2D eigenvalue weighted by Gasteiger charge is -2.18. The average molecular weight is 289 g/mol. The molecule has 0 aliphatic heterocycles. The Morgan fingerprint density at radius 2 is 1.94 bits per heavy atom. The first-order chi connectivity index (χ1) is 8.01. The van der Waals surface area contributed by atoms with Gasteiger partial charge in [-0.1, -0.05) is 13.5 Å². The Labute approximate surface area is 103 Å². The van der Waals surface area contributed by atoms with E-state index in [1.807, 2.05) is 0 Å². The highest BCUT2D eigenvalue weighted by Crippen LogP contribution is 2.22. The first-order valence-corrected chi connectivity index (χ1v) is 6.40. The molecule has 0 bridgehead atoms. The minimum atomic E-state index is -5.44. The van der Waals surface area contributed by atoms with Gasteiger partial charge in [0.25, 0.3) is 0 Å². The Balaban J connectivity index is 4.56. The number of carbonyl (C=O) groups excluding carboxylic acids is 1. The molecule has 1 atom stereocenters. The van der Waals surface area contributed by atoms with Crippen molar-refractivity contribution in [3.05, 3.63) is 12.2 Å². The molecule has 0 aromatic rings. The van der Waals surface area contributed by atoms with Gasteiger partial charge in [-0.3, -0.25) is 0 Å². The van der Waals surface area contributed by atoms with E-state index in [-0.39, 0.29) is 12.0 Å². The van der Waals surface area contributed by atoms with Gasteiger partial charge < -0.3 is 4.74 Å². The summed E-state index contributed by atoms with van der Waals surface area (Å²) in [5.74, 6) is -0.792. The fraction of sp³-hybridized carbons (Fsp3) is 0.667. The zero-order valence-corrected chi connectivity index (χ0v) is 10.7. The molecule has 0 spiro atoms. The number of carbonyl (C=O) groups is 1. The third-order valence-electron chi connectivity index (χ3n) is 1.88. The molecular weight excluding hydrogens is 275 g/mol. The van der Waals surface area contributed by atoms with Crippen LogP contribution in [0, 0.1) is 0 Å². The molecule has 0 saturated heterocycles. The third kappa shape index (κ3) is 5.05. The summed E-state index contributed by atoms with van der Waals surface area (Å²) in [6.45, 7) is 5.61. The topological polar surface area (TPSA) is 72.5 Å². The highest BCUT2D eigenvalue weighted by Gasteiger charge is 2.46. The van der Waals surface area contributed by atoms with Crippen LogP contribution in [0.15, 0.2) is 12.2 Å². The van der Waals surface area contributed by atoms with E-state index in [0.717, 1.165) is 0 Å². The highest BCUT2D eigenvalue weighted by atomic mass is 32.2. The van der Waals surface area contributed by atoms with E-state index in [2.05, 4.69) is 11.3 Å². The normalized spacial score (nSPS) is 14.1. The molecule has 0 aliphatic carbocycles. The van der Waals surface area contributed by atoms with Crippen LogP contribution in [0.3, 0.4) is 0 Å². The molecule has 0 radical (unpaired) electrons. The van der Waals surface area contributed by atoms with E-state index >= 15 is 0 Å². The van der Waals surface area contributed by atoms with Crippen LogP contribution in [0.5, 0.6) is 0 Å². The maximum atomic E-state index is 12.1. The van der Waals surface area contributed by atoms with Gasteiger partial charge in [-0.2, -0.15) is 13.2 Å². The Bertz CT molecular complexity index is 416. The number of halogens is 3. The van der Waals surface area contributed by atoms with Crippen molar-refractivity contribution in [2.24, 2.45) is 0 Å². The van der Waals surface area contributed by atoms with Crippen molar-refractivity contribution in [3.63, 3.8) is 0 Å². The predicted octanol–water partition coefficient (Wildman–Crippen LogP) is 1.32. The monoisotopic (exact) mass is 289 g/mol. The van der Waals surface area contributed by atoms with Gasteiger partial charge in [0, 0.05) is 5.57 Å². The van der Waals surface area contributed by atoms with Gasteiger partial charge in [-0.25, -0.2) is 17.9 Å². The van der Waals surface area contributed by atoms with E-state index in [9.17, 15) is 26.4 Å². The van der Waals surface area contributed by atoms with Gasteiger partial charge in [-0.05, 0) is 13.3 Å². The molecule has 0 saturated carbocycles. The quantitative estimate of drug-likeness (QED) is 0.591. The van der Waals surface area contributed by atoms with Crippen molar-refractivity contribution in [3.8, 4) is 0 Å². The minimum absolute atomic E-state index is 0.0405. The van der Waals surface area contributed by atoms with Crippen LogP contribution in [-0.4, -0.2) is 32.5 Å². The molecule has 9 heteroatoms. The summed E-state index contributed by atoms with van der Waals surface area (Å²) in [7, 11) is -5.44. The smallest absolute Gasteiger partial charge is 0.461 e. The lowest BCUT2D eigenvalue weighted by Crippen LogP contribution is -2.44. The zero-order chi connectivity index (χ0) is 14.6. The minimum Gasteiger partial charge on any atom is -0.461 e. The summed E-state index contributed by atoms with van der Waals surface area (Å²) in [6.07, 6.45) is 0.0405. The van der Waals surface area contributed by atoms with Gasteiger partial charge >= 0.3 is 21.5 Å². The number of sulfonamides is 1. The van der Waals surface area contributed by atoms with E-state index < -0.39 is 34.1 Å². The van der Waals surface area contributed by atoms with Crippen LogP contribution in [0.4, 0.5) is 13.2 Å². The van der Waals surface area contributed by atoms with E-state index in [4.69, 9.17) is 0 Å². The molecular formula is C9H14F3NO4S. The number of hydrogen-bond acceptors (Lipinski definition) is 4. The summed E-state index contributed by atoms with van der Waals surface area (Å²) >= 11 is 0. The molecule has 18 heavy (non-hydrogen) atoms. The molecule has 0 heterocycles. The first kappa shape index (κ1) is 16.9. The average Bonchev–Trinajstić information content (AvgIpc) is 2.21. The summed E-state index contributed by atoms with van der Waals surface area (Å²) in [6, 6.07) is -1.14. The molecule has 0 fully saturated rings. The second kappa shape index (κ2) is 6.19. The lowest BCUT2D eigenvalue weighted by atomic mass is 10.2. The molecule has 1 N–H and O–H groups in total. The second-order valence-corrected chi connectivity index (χ2v) is 5.26. The van der Waals surface area contributed by atoms with Gasteiger partial charge in [0.1, 0.15) is 6.61 Å². The van der Waals surface area contributed by atoms with Gasteiger partial charge in [0.05, 0.1) is 6.04 Å². The van der Waals surface area contributed by atoms with Crippen LogP contribution in [0.2, 0.25) is 0 Å². The number of ether oxygens (including phenoxy) is 1. The van der Waals surface area contributed by atoms with Crippen molar-refractivity contribution in [1.82, 2.24) is 4.72 Å². The molecule has 0 rings (SSSR count). The standard InChI is InChI=1S/C9H14F3NO4S/c1-4-7(5-17-8(14)6(2)3)13-18(15,16)9(10,11)12/h7,13H,2,4-5H2,1,3H3. The number of alkyl halides is 3. The Kier molecular flexibility index (Phi) is 5.81.